The van der Waals surface area contributed by atoms with Gasteiger partial charge in [0.25, 0.3) is 0 Å². The molecule has 4 heterocycles. The summed E-state index contributed by atoms with van der Waals surface area (Å²) in [5.74, 6) is 1.76. The molecule has 1 aromatic carbocycles. The van der Waals surface area contributed by atoms with Gasteiger partial charge in [0.2, 0.25) is 5.95 Å². The van der Waals surface area contributed by atoms with Crippen molar-refractivity contribution in [1.82, 2.24) is 35.1 Å². The molecular weight excluding hydrogens is 433 g/mol. The zero-order chi connectivity index (χ0) is 22.9. The number of nitrogens with zero attached hydrogens (tertiary/aromatic N) is 7. The normalized spacial score (nSPS) is 22.9. The third-order valence-electron chi connectivity index (χ3n) is 7.41. The van der Waals surface area contributed by atoms with E-state index in [4.69, 9.17) is 0 Å². The van der Waals surface area contributed by atoms with E-state index >= 15 is 0 Å². The number of fused-ring (bicyclic) bond motifs is 1. The fourth-order valence-corrected chi connectivity index (χ4v) is 5.55. The average Bonchev–Trinajstić information content (AvgIpc) is 3.57. The minimum Gasteiger partial charge on any atom is -0.370 e. The summed E-state index contributed by atoms with van der Waals surface area (Å²) in [6.45, 7) is 3.37. The van der Waals surface area contributed by atoms with Crippen LogP contribution in [0.4, 0.5) is 21.8 Å². The lowest BCUT2D eigenvalue weighted by Crippen LogP contribution is -2.49. The number of hydrogen-bond donors (Lipinski definition) is 2. The number of nitrogens with one attached hydrogen (secondary N) is 2. The highest BCUT2D eigenvalue weighted by atomic mass is 19.1. The highest BCUT2D eigenvalue weighted by molar-refractivity contribution is 5.62. The molecule has 0 spiro atoms. The van der Waals surface area contributed by atoms with E-state index in [0.717, 1.165) is 36.5 Å². The molecule has 2 saturated heterocycles. The van der Waals surface area contributed by atoms with Gasteiger partial charge < -0.3 is 15.5 Å². The van der Waals surface area contributed by atoms with Crippen LogP contribution in [0.15, 0.2) is 30.7 Å². The minimum atomic E-state index is -0.333. The van der Waals surface area contributed by atoms with Gasteiger partial charge in [-0.3, -0.25) is 0 Å². The van der Waals surface area contributed by atoms with Crippen molar-refractivity contribution < 1.29 is 4.39 Å². The summed E-state index contributed by atoms with van der Waals surface area (Å²) in [7, 11) is 0. The summed E-state index contributed by atoms with van der Waals surface area (Å²) in [6.07, 6.45) is 11.8. The number of rotatable bonds is 7. The lowest BCUT2D eigenvalue weighted by molar-refractivity contribution is 0.0649. The Kier molecular flexibility index (Phi) is 5.82. The molecule has 6 rings (SSSR count). The summed E-state index contributed by atoms with van der Waals surface area (Å²) in [6, 6.07) is 5.87. The molecule has 178 valence electrons. The van der Waals surface area contributed by atoms with E-state index in [0.29, 0.717) is 29.5 Å². The molecular formula is C24H30FN9. The zero-order valence-electron chi connectivity index (χ0n) is 19.2. The van der Waals surface area contributed by atoms with E-state index < -0.39 is 0 Å². The smallest absolute Gasteiger partial charge is 0.229 e. The van der Waals surface area contributed by atoms with Crippen molar-refractivity contribution in [2.24, 2.45) is 5.92 Å². The highest BCUT2D eigenvalue weighted by Crippen LogP contribution is 2.44. The van der Waals surface area contributed by atoms with Crippen LogP contribution < -0.4 is 10.6 Å². The molecule has 9 nitrogen and oxygen atoms in total. The van der Waals surface area contributed by atoms with Gasteiger partial charge in [0.1, 0.15) is 18.0 Å². The largest absolute Gasteiger partial charge is 0.370 e. The third kappa shape index (κ3) is 4.46. The second kappa shape index (κ2) is 9.25. The molecule has 1 aliphatic carbocycles. The average molecular weight is 464 g/mol. The van der Waals surface area contributed by atoms with Crippen LogP contribution in [0.3, 0.4) is 0 Å². The maximum absolute atomic E-state index is 15.0. The van der Waals surface area contributed by atoms with Gasteiger partial charge in [0, 0.05) is 18.8 Å². The summed E-state index contributed by atoms with van der Waals surface area (Å²) < 4.78 is 16.6. The molecule has 2 atom stereocenters. The lowest BCUT2D eigenvalue weighted by atomic mass is 9.83. The zero-order valence-corrected chi connectivity index (χ0v) is 19.2. The van der Waals surface area contributed by atoms with Crippen LogP contribution in [0.25, 0.3) is 5.69 Å². The Labute approximate surface area is 198 Å². The van der Waals surface area contributed by atoms with Crippen molar-refractivity contribution >= 4 is 17.5 Å². The second-order valence-electron chi connectivity index (χ2n) is 9.69. The van der Waals surface area contributed by atoms with E-state index in [1.54, 1.807) is 23.0 Å². The van der Waals surface area contributed by atoms with Crippen LogP contribution in [-0.2, 0) is 0 Å². The van der Waals surface area contributed by atoms with E-state index in [2.05, 4.69) is 41.0 Å². The molecule has 0 amide bonds. The molecule has 2 aliphatic heterocycles. The van der Waals surface area contributed by atoms with E-state index in [1.165, 1.54) is 51.5 Å². The summed E-state index contributed by atoms with van der Waals surface area (Å²) in [4.78, 5) is 11.6. The molecule has 3 aliphatic rings. The van der Waals surface area contributed by atoms with Crippen LogP contribution >= 0.6 is 0 Å². The van der Waals surface area contributed by atoms with Crippen molar-refractivity contribution in [2.75, 3.05) is 30.3 Å². The molecule has 2 aromatic heterocycles. The summed E-state index contributed by atoms with van der Waals surface area (Å²) in [5.41, 5.74) is 2.01. The summed E-state index contributed by atoms with van der Waals surface area (Å²) >= 11 is 0. The van der Waals surface area contributed by atoms with Gasteiger partial charge in [0.05, 0.1) is 11.4 Å². The second-order valence-corrected chi connectivity index (χ2v) is 9.69. The first-order valence-corrected chi connectivity index (χ1v) is 12.4. The number of anilines is 3. The molecule has 3 fully saturated rings. The Morgan fingerprint density at radius 1 is 1.06 bits per heavy atom. The highest BCUT2D eigenvalue weighted by Gasteiger charge is 2.33. The molecule has 1 saturated carbocycles. The maximum Gasteiger partial charge on any atom is 0.229 e. The van der Waals surface area contributed by atoms with Gasteiger partial charge in [-0.1, -0.05) is 6.42 Å². The number of piperidine rings is 2. The van der Waals surface area contributed by atoms with Gasteiger partial charge in [-0.2, -0.15) is 4.98 Å². The number of tetrazole rings is 1. The predicted octanol–water partition coefficient (Wildman–Crippen LogP) is 3.89. The van der Waals surface area contributed by atoms with Gasteiger partial charge in [-0.25, -0.2) is 14.1 Å². The number of aromatic nitrogens is 6. The third-order valence-corrected chi connectivity index (χ3v) is 7.41. The molecule has 2 N–H and O–H groups in total. The van der Waals surface area contributed by atoms with Crippen molar-refractivity contribution in [3.63, 3.8) is 0 Å². The lowest BCUT2D eigenvalue weighted by Gasteiger charge is -2.44. The number of hydrogen-bond acceptors (Lipinski definition) is 8. The van der Waals surface area contributed by atoms with Gasteiger partial charge in [-0.15, -0.1) is 5.10 Å². The van der Waals surface area contributed by atoms with E-state index in [9.17, 15) is 4.39 Å². The van der Waals surface area contributed by atoms with E-state index in [-0.39, 0.29) is 5.82 Å². The standard InChI is InChI=1S/C24H30FN9/c25-19-12-18(16-6-7-16)22(34-15-28-31-32-34)13-20(19)29-24-26-9-8-23(30-24)27-14-17-4-3-11-33-10-2-1-5-21(17)33/h8-9,12-13,15-17,21H,1-7,10-11,14H2,(H2,26,27,29,30)/t17-,21+/m0/s1. The molecule has 10 heteroatoms. The molecule has 0 bridgehead atoms. The predicted molar refractivity (Wildman–Crippen MR) is 127 cm³/mol. The van der Waals surface area contributed by atoms with Crippen LogP contribution in [-0.4, -0.2) is 60.8 Å². The van der Waals surface area contributed by atoms with Crippen molar-refractivity contribution in [2.45, 2.75) is 56.9 Å². The van der Waals surface area contributed by atoms with Gasteiger partial charge >= 0.3 is 0 Å². The quantitative estimate of drug-likeness (QED) is 0.545. The fraction of sp³-hybridized carbons (Fsp3) is 0.542. The van der Waals surface area contributed by atoms with Crippen LogP contribution in [0.5, 0.6) is 0 Å². The monoisotopic (exact) mass is 463 g/mol. The first-order chi connectivity index (χ1) is 16.7. The van der Waals surface area contributed by atoms with Gasteiger partial charge in [-0.05, 0) is 97.6 Å². The molecule has 0 radical (unpaired) electrons. The first-order valence-electron chi connectivity index (χ1n) is 12.4. The minimum absolute atomic E-state index is 0.303. The first kappa shape index (κ1) is 21.4. The van der Waals surface area contributed by atoms with Crippen LogP contribution in [0, 0.1) is 11.7 Å². The number of halogens is 1. The van der Waals surface area contributed by atoms with Crippen LogP contribution in [0.2, 0.25) is 0 Å². The van der Waals surface area contributed by atoms with E-state index in [1.807, 2.05) is 6.07 Å². The fourth-order valence-electron chi connectivity index (χ4n) is 5.55. The number of benzene rings is 1. The Morgan fingerprint density at radius 3 is 2.82 bits per heavy atom. The maximum atomic E-state index is 15.0. The Bertz CT molecular complexity index is 1130. The Balaban J connectivity index is 1.17. The van der Waals surface area contributed by atoms with Crippen molar-refractivity contribution in [1.29, 1.82) is 0 Å². The molecule has 0 unspecified atom stereocenters. The summed E-state index contributed by atoms with van der Waals surface area (Å²) in [5, 5.41) is 18.0. The Hall–Kier alpha value is -3.14. The molecule has 34 heavy (non-hydrogen) atoms. The van der Waals surface area contributed by atoms with Gasteiger partial charge in [0.15, 0.2) is 0 Å². The van der Waals surface area contributed by atoms with Crippen molar-refractivity contribution in [3.8, 4) is 5.69 Å². The van der Waals surface area contributed by atoms with Crippen molar-refractivity contribution in [3.05, 3.63) is 42.1 Å². The van der Waals surface area contributed by atoms with Crippen LogP contribution in [0.1, 0.15) is 56.4 Å². The SMILES string of the molecule is Fc1cc(C2CC2)c(-n2cnnn2)cc1Nc1nccc(NC[C@@H]2CCCN3CCCC[C@H]23)n1. The molecule has 3 aromatic rings. The topological polar surface area (TPSA) is 96.7 Å². The Morgan fingerprint density at radius 2 is 1.97 bits per heavy atom.